The molecule has 0 atom stereocenters. The second-order valence-corrected chi connectivity index (χ2v) is 10.2. The molecule has 10 nitrogen and oxygen atoms in total. The molecule has 0 aliphatic carbocycles. The lowest BCUT2D eigenvalue weighted by Crippen LogP contribution is -2.27. The number of rotatable bonds is 5. The molecule has 2 aromatic carbocycles. The van der Waals surface area contributed by atoms with Crippen molar-refractivity contribution in [3.63, 3.8) is 0 Å². The van der Waals surface area contributed by atoms with Crippen molar-refractivity contribution in [1.82, 2.24) is 0 Å². The minimum Gasteiger partial charge on any atom is -0.444 e. The maximum Gasteiger partial charge on any atom is 0.412 e. The summed E-state index contributed by atoms with van der Waals surface area (Å²) in [6.45, 7) is 4.96. The van der Waals surface area contributed by atoms with Gasteiger partial charge in [-0.1, -0.05) is 24.3 Å². The van der Waals surface area contributed by atoms with Gasteiger partial charge in [-0.3, -0.25) is 14.4 Å². The van der Waals surface area contributed by atoms with Crippen LogP contribution in [0.1, 0.15) is 31.9 Å². The number of carbonyl (C=O) groups is 1. The lowest BCUT2D eigenvalue weighted by Gasteiger charge is -2.19. The second-order valence-electron chi connectivity index (χ2n) is 7.46. The van der Waals surface area contributed by atoms with Crippen molar-refractivity contribution in [3.8, 4) is 0 Å². The topological polar surface area (TPSA) is 173 Å². The van der Waals surface area contributed by atoms with Crippen molar-refractivity contribution in [2.45, 2.75) is 36.2 Å². The van der Waals surface area contributed by atoms with Crippen LogP contribution < -0.4 is 11.1 Å². The van der Waals surface area contributed by atoms with Crippen molar-refractivity contribution in [2.24, 2.45) is 0 Å². The first-order valence-corrected chi connectivity index (χ1v) is 11.6. The Kier molecular flexibility index (Phi) is 6.81. The van der Waals surface area contributed by atoms with Crippen LogP contribution in [0.4, 0.5) is 16.2 Å². The number of amides is 1. The third-order valence-corrected chi connectivity index (χ3v) is 5.51. The average molecular weight is 471 g/mol. The molecule has 0 aliphatic heterocycles. The molecule has 1 amide bonds. The first-order chi connectivity index (χ1) is 14.1. The smallest absolute Gasteiger partial charge is 0.412 e. The van der Waals surface area contributed by atoms with Gasteiger partial charge in [0.05, 0.1) is 0 Å². The Hall–Kier alpha value is -2.93. The Morgan fingerprint density at radius 2 is 1.42 bits per heavy atom. The van der Waals surface area contributed by atoms with E-state index in [0.717, 1.165) is 12.1 Å². The van der Waals surface area contributed by atoms with E-state index in [4.69, 9.17) is 10.5 Å². The molecule has 12 heteroatoms. The number of carbonyl (C=O) groups excluding carboxylic acids is 1. The van der Waals surface area contributed by atoms with Crippen LogP contribution >= 0.6 is 0 Å². The molecule has 5 N–H and O–H groups in total. The van der Waals surface area contributed by atoms with E-state index < -0.39 is 41.7 Å². The molecule has 2 aromatic rings. The molecule has 0 aromatic heterocycles. The van der Waals surface area contributed by atoms with Crippen LogP contribution in [0.15, 0.2) is 46.2 Å². The van der Waals surface area contributed by atoms with E-state index in [-0.39, 0.29) is 22.5 Å². The molecule has 0 spiro atoms. The number of benzene rings is 2. The maximum absolute atomic E-state index is 11.9. The van der Waals surface area contributed by atoms with Gasteiger partial charge in [-0.2, -0.15) is 16.8 Å². The highest BCUT2D eigenvalue weighted by molar-refractivity contribution is 7.86. The molecular weight excluding hydrogens is 448 g/mol. The van der Waals surface area contributed by atoms with E-state index in [0.29, 0.717) is 0 Å². The van der Waals surface area contributed by atoms with Crippen LogP contribution in [-0.4, -0.2) is 37.6 Å². The average Bonchev–Trinajstić information content (AvgIpc) is 2.58. The van der Waals surface area contributed by atoms with Gasteiger partial charge >= 0.3 is 6.09 Å². The zero-order chi connectivity index (χ0) is 23.6. The summed E-state index contributed by atoms with van der Waals surface area (Å²) in [5.41, 5.74) is 4.95. The van der Waals surface area contributed by atoms with Crippen LogP contribution in [-0.2, 0) is 25.0 Å². The zero-order valence-corrected chi connectivity index (χ0v) is 18.5. The number of hydrogen-bond donors (Lipinski definition) is 4. The van der Waals surface area contributed by atoms with Gasteiger partial charge in [0.2, 0.25) is 0 Å². The van der Waals surface area contributed by atoms with Gasteiger partial charge in [-0.15, -0.1) is 0 Å². The summed E-state index contributed by atoms with van der Waals surface area (Å²) in [4.78, 5) is 10.9. The third kappa shape index (κ3) is 7.07. The Morgan fingerprint density at radius 3 is 1.90 bits per heavy atom. The van der Waals surface area contributed by atoms with Gasteiger partial charge < -0.3 is 10.5 Å². The van der Waals surface area contributed by atoms with Crippen molar-refractivity contribution in [1.29, 1.82) is 0 Å². The monoisotopic (exact) mass is 470 g/mol. The van der Waals surface area contributed by atoms with Crippen molar-refractivity contribution < 1.29 is 35.5 Å². The van der Waals surface area contributed by atoms with Crippen LogP contribution in [0.25, 0.3) is 12.2 Å². The van der Waals surface area contributed by atoms with Crippen LogP contribution in [0.2, 0.25) is 0 Å². The Bertz CT molecular complexity index is 1240. The van der Waals surface area contributed by atoms with Crippen molar-refractivity contribution >= 4 is 49.9 Å². The number of nitrogens with two attached hydrogens (primary N) is 1. The van der Waals surface area contributed by atoms with E-state index in [2.05, 4.69) is 5.32 Å². The summed E-state index contributed by atoms with van der Waals surface area (Å²) in [5.74, 6) is 0. The fraction of sp³-hybridized carbons (Fsp3) is 0.211. The third-order valence-electron chi connectivity index (χ3n) is 3.69. The maximum atomic E-state index is 11.9. The number of hydrogen-bond acceptors (Lipinski definition) is 7. The van der Waals surface area contributed by atoms with Gasteiger partial charge in [0, 0.05) is 11.4 Å². The van der Waals surface area contributed by atoms with Crippen molar-refractivity contribution in [3.05, 3.63) is 47.5 Å². The molecule has 0 saturated carbocycles. The predicted molar refractivity (Wildman–Crippen MR) is 116 cm³/mol. The summed E-state index contributed by atoms with van der Waals surface area (Å²) in [7, 11) is -9.30. The zero-order valence-electron chi connectivity index (χ0n) is 16.9. The van der Waals surface area contributed by atoms with Gasteiger partial charge in [0.1, 0.15) is 15.4 Å². The predicted octanol–water partition coefficient (Wildman–Crippen LogP) is 3.28. The lowest BCUT2D eigenvalue weighted by atomic mass is 10.1. The van der Waals surface area contributed by atoms with Crippen LogP contribution in [0.3, 0.4) is 0 Å². The fourth-order valence-electron chi connectivity index (χ4n) is 2.49. The summed E-state index contributed by atoms with van der Waals surface area (Å²) in [6, 6.07) is 7.44. The van der Waals surface area contributed by atoms with E-state index >= 15 is 0 Å². The molecule has 0 bridgehead atoms. The normalized spacial score (nSPS) is 12.7. The molecule has 2 rings (SSSR count). The molecule has 0 aliphatic rings. The first-order valence-electron chi connectivity index (χ1n) is 8.73. The minimum absolute atomic E-state index is 0.00430. The largest absolute Gasteiger partial charge is 0.444 e. The number of nitrogens with one attached hydrogen (secondary N) is 1. The van der Waals surface area contributed by atoms with Gasteiger partial charge in [0.25, 0.3) is 20.2 Å². The minimum atomic E-state index is -4.71. The molecule has 0 fully saturated rings. The molecule has 0 unspecified atom stereocenters. The van der Waals surface area contributed by atoms with E-state index in [1.807, 2.05) is 0 Å². The number of ether oxygens (including phenoxy) is 1. The van der Waals surface area contributed by atoms with E-state index in [1.54, 1.807) is 20.8 Å². The first kappa shape index (κ1) is 24.3. The summed E-state index contributed by atoms with van der Waals surface area (Å²) >= 11 is 0. The standard InChI is InChI=1S/C19H22N2O8S2/c1-19(2,3)29-18(22)21-15-9-7-13(17(11-15)31(26,27)28)5-4-12-6-8-14(20)10-16(12)30(23,24)25/h4-11H,20H2,1-3H3,(H,21,22)(H,23,24,25)(H,26,27,28)/b5-4+. The summed E-state index contributed by atoms with van der Waals surface area (Å²) < 4.78 is 70.8. The second kappa shape index (κ2) is 8.67. The number of anilines is 2. The Balaban J connectivity index is 2.46. The van der Waals surface area contributed by atoms with Gasteiger partial charge in [-0.05, 0) is 56.2 Å². The Morgan fingerprint density at radius 1 is 0.935 bits per heavy atom. The molecule has 0 saturated heterocycles. The quantitative estimate of drug-likeness (QED) is 0.290. The summed E-state index contributed by atoms with van der Waals surface area (Å²) in [6.07, 6.45) is 1.63. The van der Waals surface area contributed by atoms with Gasteiger partial charge in [0.15, 0.2) is 0 Å². The molecule has 0 radical (unpaired) electrons. The fourth-order valence-corrected chi connectivity index (χ4v) is 3.92. The van der Waals surface area contributed by atoms with E-state index in [9.17, 15) is 30.7 Å². The molecule has 31 heavy (non-hydrogen) atoms. The van der Waals surface area contributed by atoms with Crippen molar-refractivity contribution in [2.75, 3.05) is 11.1 Å². The highest BCUT2D eigenvalue weighted by Gasteiger charge is 2.19. The molecule has 0 heterocycles. The molecule has 168 valence electrons. The summed E-state index contributed by atoms with van der Waals surface area (Å²) in [5, 5.41) is 2.36. The van der Waals surface area contributed by atoms with Crippen LogP contribution in [0.5, 0.6) is 0 Å². The van der Waals surface area contributed by atoms with Gasteiger partial charge in [-0.25, -0.2) is 4.79 Å². The van der Waals surface area contributed by atoms with Crippen LogP contribution in [0, 0.1) is 0 Å². The lowest BCUT2D eigenvalue weighted by molar-refractivity contribution is 0.0636. The Labute approximate surface area is 180 Å². The molecular formula is C19H22N2O8S2. The van der Waals surface area contributed by atoms with E-state index in [1.165, 1.54) is 36.4 Å². The number of nitrogen functional groups attached to an aromatic ring is 1. The highest BCUT2D eigenvalue weighted by atomic mass is 32.2. The SMILES string of the molecule is CC(C)(C)OC(=O)Nc1ccc(/C=C/c2ccc(N)cc2S(=O)(=O)O)c(S(=O)(=O)O)c1. The highest BCUT2D eigenvalue weighted by Crippen LogP contribution is 2.26.